The molecule has 4 N–H and O–H groups in total. The number of carboxylic acids is 4. The standard InChI is InChI=1S/2C20H18O8/c2*1-11-3-7-13(8-4-11)19(25)27-15(17(21)22)16(18(23)24)28-20(26)14-9-5-12(2)6-10-14/h2*3-10,15-16H,1-2H3,(H,21,22)(H,23,24). The van der Waals surface area contributed by atoms with E-state index >= 15 is 0 Å². The highest BCUT2D eigenvalue weighted by Crippen LogP contribution is 2.16. The third-order valence-electron chi connectivity index (χ3n) is 7.61. The van der Waals surface area contributed by atoms with Crippen LogP contribution in [0.5, 0.6) is 0 Å². The van der Waals surface area contributed by atoms with Gasteiger partial charge in [-0.05, 0) is 76.2 Å². The Morgan fingerprint density at radius 1 is 0.321 bits per heavy atom. The first-order chi connectivity index (χ1) is 26.4. The fourth-order valence-corrected chi connectivity index (χ4v) is 4.46. The molecule has 56 heavy (non-hydrogen) atoms. The highest BCUT2D eigenvalue weighted by Gasteiger charge is 2.42. The summed E-state index contributed by atoms with van der Waals surface area (Å²) in [5, 5.41) is 37.3. The number of rotatable bonds is 14. The summed E-state index contributed by atoms with van der Waals surface area (Å²) in [5.74, 6) is -11.2. The van der Waals surface area contributed by atoms with Gasteiger partial charge in [0, 0.05) is 0 Å². The molecule has 0 fully saturated rings. The van der Waals surface area contributed by atoms with E-state index in [-0.39, 0.29) is 22.3 Å². The predicted molar refractivity (Wildman–Crippen MR) is 192 cm³/mol. The zero-order chi connectivity index (χ0) is 41.7. The van der Waals surface area contributed by atoms with Gasteiger partial charge in [0.15, 0.2) is 0 Å². The molecule has 0 radical (unpaired) electrons. The van der Waals surface area contributed by atoms with Gasteiger partial charge in [0.1, 0.15) is 0 Å². The van der Waals surface area contributed by atoms with Crippen molar-refractivity contribution in [2.45, 2.75) is 52.1 Å². The van der Waals surface area contributed by atoms with Crippen LogP contribution < -0.4 is 0 Å². The van der Waals surface area contributed by atoms with Gasteiger partial charge >= 0.3 is 47.8 Å². The van der Waals surface area contributed by atoms with E-state index in [1.807, 2.05) is 0 Å². The lowest BCUT2D eigenvalue weighted by atomic mass is 10.1. The molecule has 292 valence electrons. The van der Waals surface area contributed by atoms with Crippen LogP contribution in [-0.4, -0.2) is 92.6 Å². The number of carboxylic acid groups (broad SMARTS) is 4. The molecule has 16 heteroatoms. The minimum atomic E-state index is -2.22. The molecule has 4 unspecified atom stereocenters. The number of benzene rings is 4. The maximum atomic E-state index is 12.2. The van der Waals surface area contributed by atoms with Gasteiger partial charge in [-0.25, -0.2) is 38.4 Å². The van der Waals surface area contributed by atoms with Crippen LogP contribution in [0.15, 0.2) is 97.1 Å². The maximum Gasteiger partial charge on any atom is 0.349 e. The van der Waals surface area contributed by atoms with E-state index in [4.69, 9.17) is 18.9 Å². The Labute approximate surface area is 318 Å². The van der Waals surface area contributed by atoms with Crippen molar-refractivity contribution >= 4 is 47.8 Å². The molecule has 0 saturated carbocycles. The molecule has 0 aromatic heterocycles. The molecular formula is C40H36O16. The fraction of sp³-hybridized carbons (Fsp3) is 0.200. The molecule has 4 aromatic carbocycles. The highest BCUT2D eigenvalue weighted by molar-refractivity contribution is 5.96. The third kappa shape index (κ3) is 12.4. The number of carbonyl (C=O) groups is 8. The molecule has 0 bridgehead atoms. The van der Waals surface area contributed by atoms with E-state index in [0.29, 0.717) is 0 Å². The van der Waals surface area contributed by atoms with Gasteiger partial charge in [0.25, 0.3) is 0 Å². The molecular weight excluding hydrogens is 736 g/mol. The Morgan fingerprint density at radius 2 is 0.464 bits per heavy atom. The second-order valence-corrected chi connectivity index (χ2v) is 12.1. The number of aliphatic carboxylic acids is 4. The smallest absolute Gasteiger partial charge is 0.349 e. The number of aryl methyl sites for hydroxylation is 4. The monoisotopic (exact) mass is 772 g/mol. The predicted octanol–water partition coefficient (Wildman–Crippen LogP) is 4.45. The quantitative estimate of drug-likeness (QED) is 0.102. The summed E-state index contributed by atoms with van der Waals surface area (Å²) >= 11 is 0. The summed E-state index contributed by atoms with van der Waals surface area (Å²) in [4.78, 5) is 94.7. The third-order valence-corrected chi connectivity index (χ3v) is 7.61. The summed E-state index contributed by atoms with van der Waals surface area (Å²) in [7, 11) is 0. The van der Waals surface area contributed by atoms with Crippen molar-refractivity contribution in [3.63, 3.8) is 0 Å². The van der Waals surface area contributed by atoms with E-state index in [9.17, 15) is 58.8 Å². The highest BCUT2D eigenvalue weighted by atomic mass is 16.6. The van der Waals surface area contributed by atoms with Crippen LogP contribution >= 0.6 is 0 Å². The lowest BCUT2D eigenvalue weighted by molar-refractivity contribution is -0.166. The van der Waals surface area contributed by atoms with E-state index in [1.54, 1.807) is 76.2 Å². The Hall–Kier alpha value is -7.36. The topological polar surface area (TPSA) is 254 Å². The lowest BCUT2D eigenvalue weighted by Crippen LogP contribution is -2.45. The average Bonchev–Trinajstić information content (AvgIpc) is 3.15. The maximum absolute atomic E-state index is 12.2. The number of ether oxygens (including phenoxy) is 4. The fourth-order valence-electron chi connectivity index (χ4n) is 4.46. The van der Waals surface area contributed by atoms with Gasteiger partial charge in [-0.3, -0.25) is 0 Å². The first-order valence-electron chi connectivity index (χ1n) is 16.4. The molecule has 0 saturated heterocycles. The average molecular weight is 773 g/mol. The van der Waals surface area contributed by atoms with Crippen molar-refractivity contribution in [1.29, 1.82) is 0 Å². The van der Waals surface area contributed by atoms with Gasteiger partial charge in [0.05, 0.1) is 22.3 Å². The zero-order valence-corrected chi connectivity index (χ0v) is 30.2. The molecule has 0 aliphatic rings. The van der Waals surface area contributed by atoms with Crippen LogP contribution in [0, 0.1) is 27.7 Å². The second-order valence-electron chi connectivity index (χ2n) is 12.1. The molecule has 4 aromatic rings. The molecule has 4 rings (SSSR count). The SMILES string of the molecule is Cc1ccc(C(=O)OC(C(=O)O)C(OC(=O)c2ccc(C)cc2)C(=O)O)cc1.Cc1ccc(C(=O)OC(C(=O)O)C(OC(=O)c2ccc(C)cc2)C(=O)O)cc1. The zero-order valence-electron chi connectivity index (χ0n) is 30.2. The van der Waals surface area contributed by atoms with E-state index in [1.165, 1.54) is 48.5 Å². The summed E-state index contributed by atoms with van der Waals surface area (Å²) in [5.41, 5.74) is 3.58. The van der Waals surface area contributed by atoms with Crippen LogP contribution in [0.1, 0.15) is 63.7 Å². The summed E-state index contributed by atoms with van der Waals surface area (Å²) in [6.07, 6.45) is -8.89. The number of hydrogen-bond donors (Lipinski definition) is 4. The van der Waals surface area contributed by atoms with E-state index in [2.05, 4.69) is 0 Å². The van der Waals surface area contributed by atoms with Gasteiger partial charge in [-0.2, -0.15) is 0 Å². The van der Waals surface area contributed by atoms with Crippen LogP contribution in [-0.2, 0) is 38.1 Å². The first-order valence-corrected chi connectivity index (χ1v) is 16.4. The Kier molecular flexibility index (Phi) is 15.1. The summed E-state index contributed by atoms with van der Waals surface area (Å²) in [6.45, 7) is 7.17. The van der Waals surface area contributed by atoms with E-state index < -0.39 is 72.2 Å². The number of carbonyl (C=O) groups excluding carboxylic acids is 4. The van der Waals surface area contributed by atoms with Crippen LogP contribution in [0.4, 0.5) is 0 Å². The largest absolute Gasteiger partial charge is 0.478 e. The molecule has 16 nitrogen and oxygen atoms in total. The molecule has 0 amide bonds. The Balaban J connectivity index is 0.000000300. The van der Waals surface area contributed by atoms with Gasteiger partial charge in [-0.1, -0.05) is 70.8 Å². The second kappa shape index (κ2) is 19.6. The first kappa shape index (κ1) is 43.0. The van der Waals surface area contributed by atoms with Crippen molar-refractivity contribution in [1.82, 2.24) is 0 Å². The molecule has 0 aliphatic carbocycles. The minimum Gasteiger partial charge on any atom is -0.478 e. The Morgan fingerprint density at radius 3 is 0.589 bits per heavy atom. The van der Waals surface area contributed by atoms with Crippen LogP contribution in [0.3, 0.4) is 0 Å². The van der Waals surface area contributed by atoms with Gasteiger partial charge in [-0.15, -0.1) is 0 Å². The minimum absolute atomic E-state index is 0.0332. The van der Waals surface area contributed by atoms with E-state index in [0.717, 1.165) is 22.3 Å². The summed E-state index contributed by atoms with van der Waals surface area (Å²) < 4.78 is 19.3. The number of esters is 4. The van der Waals surface area contributed by atoms with Crippen LogP contribution in [0.2, 0.25) is 0 Å². The van der Waals surface area contributed by atoms with Crippen molar-refractivity contribution in [2.24, 2.45) is 0 Å². The van der Waals surface area contributed by atoms with Crippen molar-refractivity contribution in [3.05, 3.63) is 142 Å². The molecule has 4 atom stereocenters. The normalized spacial score (nSPS) is 12.5. The van der Waals surface area contributed by atoms with Gasteiger partial charge < -0.3 is 39.4 Å². The Bertz CT molecular complexity index is 1770. The number of hydrogen-bond acceptors (Lipinski definition) is 12. The van der Waals surface area contributed by atoms with Crippen molar-refractivity contribution < 1.29 is 77.7 Å². The molecule has 0 aliphatic heterocycles. The van der Waals surface area contributed by atoms with Gasteiger partial charge in [0.2, 0.25) is 24.4 Å². The summed E-state index contributed by atoms with van der Waals surface area (Å²) in [6, 6.07) is 24.1. The van der Waals surface area contributed by atoms with Crippen molar-refractivity contribution in [2.75, 3.05) is 0 Å². The van der Waals surface area contributed by atoms with Crippen molar-refractivity contribution in [3.8, 4) is 0 Å². The molecule has 0 heterocycles. The lowest BCUT2D eigenvalue weighted by Gasteiger charge is -2.21. The molecule has 0 spiro atoms. The van der Waals surface area contributed by atoms with Crippen LogP contribution in [0.25, 0.3) is 0 Å².